The predicted molar refractivity (Wildman–Crippen MR) is 150 cm³/mol. The number of ether oxygens (including phenoxy) is 1. The van der Waals surface area contributed by atoms with Crippen LogP contribution in [0.3, 0.4) is 0 Å². The number of allylic oxidation sites excluding steroid dienone is 2. The lowest BCUT2D eigenvalue weighted by molar-refractivity contribution is 0.0597. The van der Waals surface area contributed by atoms with Gasteiger partial charge in [0.1, 0.15) is 0 Å². The van der Waals surface area contributed by atoms with E-state index in [1.807, 2.05) is 7.11 Å². The average molecular weight is 475 g/mol. The van der Waals surface area contributed by atoms with E-state index >= 15 is 0 Å². The lowest BCUT2D eigenvalue weighted by Crippen LogP contribution is -2.18. The summed E-state index contributed by atoms with van der Waals surface area (Å²) in [5.41, 5.74) is 9.22. The van der Waals surface area contributed by atoms with Gasteiger partial charge in [0.25, 0.3) is 0 Å². The summed E-state index contributed by atoms with van der Waals surface area (Å²) in [6.07, 6.45) is 10.1. The highest BCUT2D eigenvalue weighted by Crippen LogP contribution is 2.39. The summed E-state index contributed by atoms with van der Waals surface area (Å²) in [5, 5.41) is 0. The molecule has 2 aliphatic carbocycles. The van der Waals surface area contributed by atoms with Crippen molar-refractivity contribution >= 4 is 23.8 Å². The number of thiol groups is 1. The summed E-state index contributed by atoms with van der Waals surface area (Å²) in [6.45, 7) is 10.9. The van der Waals surface area contributed by atoms with Crippen molar-refractivity contribution in [2.24, 2.45) is 17.8 Å². The Morgan fingerprint density at radius 1 is 1.06 bits per heavy atom. The van der Waals surface area contributed by atoms with Gasteiger partial charge in [0.2, 0.25) is 0 Å². The molecule has 2 heteroatoms. The minimum atomic E-state index is 0.378. The van der Waals surface area contributed by atoms with Crippen molar-refractivity contribution in [1.82, 2.24) is 0 Å². The van der Waals surface area contributed by atoms with Gasteiger partial charge >= 0.3 is 0 Å². The fourth-order valence-corrected chi connectivity index (χ4v) is 6.41. The maximum atomic E-state index is 5.65. The molecule has 0 radical (unpaired) electrons. The maximum Gasteiger partial charge on any atom is 0.0571 e. The van der Waals surface area contributed by atoms with Crippen LogP contribution in [0.15, 0.2) is 53.9 Å². The van der Waals surface area contributed by atoms with E-state index in [2.05, 4.69) is 69.8 Å². The van der Waals surface area contributed by atoms with Crippen molar-refractivity contribution in [3.63, 3.8) is 0 Å². The minimum Gasteiger partial charge on any atom is -0.381 e. The van der Waals surface area contributed by atoms with E-state index in [0.717, 1.165) is 36.7 Å². The van der Waals surface area contributed by atoms with Crippen molar-refractivity contribution in [2.45, 2.75) is 78.2 Å². The van der Waals surface area contributed by atoms with Gasteiger partial charge in [-0.1, -0.05) is 68.0 Å². The van der Waals surface area contributed by atoms with E-state index < -0.39 is 0 Å². The predicted octanol–water partition coefficient (Wildman–Crippen LogP) is 8.77. The Hall–Kier alpha value is -1.77. The van der Waals surface area contributed by atoms with Crippen molar-refractivity contribution in [3.8, 4) is 0 Å². The molecule has 34 heavy (non-hydrogen) atoms. The zero-order chi connectivity index (χ0) is 24.2. The minimum absolute atomic E-state index is 0.378. The number of hydrogen-bond donors (Lipinski definition) is 1. The summed E-state index contributed by atoms with van der Waals surface area (Å²) in [6, 6.07) is 16.2. The van der Waals surface area contributed by atoms with Gasteiger partial charge < -0.3 is 4.74 Å². The van der Waals surface area contributed by atoms with E-state index in [9.17, 15) is 0 Å². The number of rotatable bonds is 6. The fraction of sp³-hybridized carbons (Fsp3) is 0.500. The molecule has 0 heterocycles. The van der Waals surface area contributed by atoms with Crippen LogP contribution in [0.4, 0.5) is 0 Å². The normalized spacial score (nSPS) is 24.2. The zero-order valence-electron chi connectivity index (χ0n) is 21.6. The first-order chi connectivity index (χ1) is 16.4. The standard InChI is InChI=1S/C32H42OS/c1-21(2)27-17-18-30-29(20-27)7-6-8-31(34)32(30)26-13-10-24(11-14-26)19-28-16-15-25(23(4)33-5)12-9-22(28)3/h10-11,13-14,17-18,20,22-23,25,28,34H,1,6-9,12,15-16,19H2,2-5H3. The Labute approximate surface area is 213 Å². The van der Waals surface area contributed by atoms with Crippen LogP contribution in [0, 0.1) is 17.8 Å². The van der Waals surface area contributed by atoms with Gasteiger partial charge in [-0.05, 0) is 115 Å². The monoisotopic (exact) mass is 474 g/mol. The smallest absolute Gasteiger partial charge is 0.0571 e. The molecule has 0 N–H and O–H groups in total. The Morgan fingerprint density at radius 2 is 1.79 bits per heavy atom. The summed E-state index contributed by atoms with van der Waals surface area (Å²) in [7, 11) is 1.86. The summed E-state index contributed by atoms with van der Waals surface area (Å²) in [5.74, 6) is 2.25. The molecule has 4 unspecified atom stereocenters. The number of fused-ring (bicyclic) bond motifs is 1. The van der Waals surface area contributed by atoms with Crippen molar-refractivity contribution in [3.05, 3.63) is 81.8 Å². The van der Waals surface area contributed by atoms with Gasteiger partial charge in [-0.15, -0.1) is 12.6 Å². The highest BCUT2D eigenvalue weighted by atomic mass is 32.1. The molecule has 4 rings (SSSR count). The van der Waals surface area contributed by atoms with Gasteiger partial charge in [-0.2, -0.15) is 0 Å². The number of hydrogen-bond acceptors (Lipinski definition) is 2. The van der Waals surface area contributed by atoms with Gasteiger partial charge in [0.05, 0.1) is 6.10 Å². The fourth-order valence-electron chi connectivity index (χ4n) is 6.00. The second-order valence-corrected chi connectivity index (χ2v) is 11.4. The second-order valence-electron chi connectivity index (χ2n) is 10.8. The lowest BCUT2D eigenvalue weighted by atomic mass is 9.84. The zero-order valence-corrected chi connectivity index (χ0v) is 22.5. The molecule has 0 aliphatic heterocycles. The Morgan fingerprint density at radius 3 is 2.50 bits per heavy atom. The molecule has 2 aromatic rings. The van der Waals surface area contributed by atoms with E-state index in [1.54, 1.807) is 0 Å². The van der Waals surface area contributed by atoms with Crippen LogP contribution in [-0.4, -0.2) is 13.2 Å². The summed E-state index contributed by atoms with van der Waals surface area (Å²) in [4.78, 5) is 1.21. The Kier molecular flexibility index (Phi) is 8.43. The molecular weight excluding hydrogens is 432 g/mol. The third-order valence-corrected chi connectivity index (χ3v) is 8.94. The topological polar surface area (TPSA) is 9.23 Å². The van der Waals surface area contributed by atoms with E-state index in [-0.39, 0.29) is 0 Å². The van der Waals surface area contributed by atoms with E-state index in [4.69, 9.17) is 17.4 Å². The molecule has 1 nitrogen and oxygen atoms in total. The molecule has 0 amide bonds. The molecule has 0 spiro atoms. The Balaban J connectivity index is 1.53. The third kappa shape index (κ3) is 5.71. The van der Waals surface area contributed by atoms with E-state index in [1.165, 1.54) is 70.4 Å². The van der Waals surface area contributed by atoms with Gasteiger partial charge in [0.15, 0.2) is 0 Å². The molecule has 0 saturated heterocycles. The highest BCUT2D eigenvalue weighted by Gasteiger charge is 2.27. The van der Waals surface area contributed by atoms with Crippen LogP contribution in [0.2, 0.25) is 0 Å². The second kappa shape index (κ2) is 11.3. The number of aryl methyl sites for hydroxylation is 1. The number of benzene rings is 2. The summed E-state index contributed by atoms with van der Waals surface area (Å²) < 4.78 is 5.65. The molecule has 2 aromatic carbocycles. The van der Waals surface area contributed by atoms with Crippen molar-refractivity contribution in [2.75, 3.05) is 7.11 Å². The van der Waals surface area contributed by atoms with Crippen LogP contribution >= 0.6 is 12.6 Å². The van der Waals surface area contributed by atoms with Crippen molar-refractivity contribution < 1.29 is 4.74 Å². The van der Waals surface area contributed by atoms with Crippen LogP contribution in [-0.2, 0) is 17.6 Å². The van der Waals surface area contributed by atoms with Crippen LogP contribution in [0.5, 0.6) is 0 Å². The van der Waals surface area contributed by atoms with Gasteiger partial charge in [-0.3, -0.25) is 0 Å². The first-order valence-electron chi connectivity index (χ1n) is 13.2. The molecular formula is C32H42OS. The first-order valence-corrected chi connectivity index (χ1v) is 13.7. The third-order valence-electron chi connectivity index (χ3n) is 8.50. The van der Waals surface area contributed by atoms with Crippen LogP contribution in [0.1, 0.15) is 87.1 Å². The highest BCUT2D eigenvalue weighted by molar-refractivity contribution is 7.84. The SMILES string of the molecule is C=C(C)c1ccc2c(c1)CCCC(S)=C2c1ccc(CC2CCC(C(C)OC)CCC2C)cc1. The molecule has 0 aromatic heterocycles. The molecule has 1 fully saturated rings. The molecule has 1 saturated carbocycles. The van der Waals surface area contributed by atoms with Crippen LogP contribution in [0.25, 0.3) is 11.1 Å². The molecule has 4 atom stereocenters. The maximum absolute atomic E-state index is 5.65. The molecule has 2 aliphatic rings. The van der Waals surface area contributed by atoms with Gasteiger partial charge in [0, 0.05) is 7.11 Å². The lowest BCUT2D eigenvalue weighted by Gasteiger charge is -2.22. The van der Waals surface area contributed by atoms with Gasteiger partial charge in [-0.25, -0.2) is 0 Å². The summed E-state index contributed by atoms with van der Waals surface area (Å²) >= 11 is 4.97. The quantitative estimate of drug-likeness (QED) is 0.325. The van der Waals surface area contributed by atoms with E-state index in [0.29, 0.717) is 12.0 Å². The molecule has 182 valence electrons. The average Bonchev–Trinajstić information content (AvgIpc) is 3.12. The largest absolute Gasteiger partial charge is 0.381 e. The molecule has 0 bridgehead atoms. The van der Waals surface area contributed by atoms with Crippen LogP contribution < -0.4 is 0 Å². The Bertz CT molecular complexity index is 1030. The van der Waals surface area contributed by atoms with Crippen molar-refractivity contribution in [1.29, 1.82) is 0 Å². The number of methoxy groups -OCH3 is 1. The first kappa shape index (κ1) is 25.3.